The predicted molar refractivity (Wildman–Crippen MR) is 69.0 cm³/mol. The smallest absolute Gasteiger partial charge is 0.236 e. The lowest BCUT2D eigenvalue weighted by atomic mass is 10.0. The maximum atomic E-state index is 11.8. The fraction of sp³-hybridized carbons (Fsp3) is 0.923. The van der Waals surface area contributed by atoms with Crippen LogP contribution >= 0.6 is 0 Å². The average Bonchev–Trinajstić information content (AvgIpc) is 2.70. The van der Waals surface area contributed by atoms with E-state index in [-0.39, 0.29) is 17.5 Å². The van der Waals surface area contributed by atoms with Crippen LogP contribution in [0.1, 0.15) is 46.5 Å². The van der Waals surface area contributed by atoms with Crippen molar-refractivity contribution in [2.24, 2.45) is 0 Å². The molecule has 1 fully saturated rings. The number of ether oxygens (including phenoxy) is 1. The second kappa shape index (κ2) is 6.97. The van der Waals surface area contributed by atoms with Gasteiger partial charge in [-0.15, -0.1) is 0 Å². The Kier molecular flexibility index (Phi) is 5.92. The third-order valence-corrected chi connectivity index (χ3v) is 3.26. The number of carbonyl (C=O) groups excluding carboxylic acids is 1. The molecule has 0 aromatic heterocycles. The minimum Gasteiger partial charge on any atom is -0.379 e. The summed E-state index contributed by atoms with van der Waals surface area (Å²) in [5, 5.41) is 6.32. The first kappa shape index (κ1) is 14.5. The van der Waals surface area contributed by atoms with Crippen LogP contribution in [0.5, 0.6) is 0 Å². The molecule has 0 aliphatic carbocycles. The van der Waals surface area contributed by atoms with E-state index in [1.165, 1.54) is 12.8 Å². The molecule has 0 radical (unpaired) electrons. The molecule has 0 saturated carbocycles. The van der Waals surface area contributed by atoms with Crippen molar-refractivity contribution >= 4 is 5.91 Å². The Labute approximate surface area is 104 Å². The molecule has 17 heavy (non-hydrogen) atoms. The topological polar surface area (TPSA) is 50.4 Å². The van der Waals surface area contributed by atoms with Gasteiger partial charge in [0.15, 0.2) is 0 Å². The van der Waals surface area contributed by atoms with Crippen LogP contribution in [0.4, 0.5) is 0 Å². The molecular formula is C13H26N2O2. The van der Waals surface area contributed by atoms with Gasteiger partial charge >= 0.3 is 0 Å². The summed E-state index contributed by atoms with van der Waals surface area (Å²) in [6.07, 6.45) is 4.39. The normalized spacial score (nSPS) is 25.8. The molecule has 0 bridgehead atoms. The van der Waals surface area contributed by atoms with Crippen molar-refractivity contribution in [3.63, 3.8) is 0 Å². The third kappa shape index (κ3) is 5.04. The first-order chi connectivity index (χ1) is 8.07. The number of hydrogen-bond donors (Lipinski definition) is 2. The highest BCUT2D eigenvalue weighted by Crippen LogP contribution is 2.18. The maximum Gasteiger partial charge on any atom is 0.236 e. The van der Waals surface area contributed by atoms with Crippen LogP contribution in [0.2, 0.25) is 0 Å². The summed E-state index contributed by atoms with van der Waals surface area (Å²) in [4.78, 5) is 11.8. The number of rotatable bonds is 7. The summed E-state index contributed by atoms with van der Waals surface area (Å²) < 4.78 is 5.36. The van der Waals surface area contributed by atoms with Crippen molar-refractivity contribution < 1.29 is 9.53 Å². The predicted octanol–water partition coefficient (Wildman–Crippen LogP) is 1.45. The van der Waals surface area contributed by atoms with E-state index in [9.17, 15) is 4.79 Å². The Morgan fingerprint density at radius 1 is 1.47 bits per heavy atom. The first-order valence-corrected chi connectivity index (χ1v) is 6.70. The van der Waals surface area contributed by atoms with Gasteiger partial charge in [-0.05, 0) is 26.7 Å². The van der Waals surface area contributed by atoms with Crippen LogP contribution in [0.3, 0.4) is 0 Å². The molecule has 4 nitrogen and oxygen atoms in total. The van der Waals surface area contributed by atoms with Crippen molar-refractivity contribution in [3.05, 3.63) is 0 Å². The number of hydrogen-bond acceptors (Lipinski definition) is 3. The van der Waals surface area contributed by atoms with Crippen molar-refractivity contribution in [3.8, 4) is 0 Å². The summed E-state index contributed by atoms with van der Waals surface area (Å²) >= 11 is 0. The molecule has 1 heterocycles. The van der Waals surface area contributed by atoms with Crippen molar-refractivity contribution in [2.45, 2.75) is 58.0 Å². The van der Waals surface area contributed by atoms with E-state index in [1.54, 1.807) is 0 Å². The zero-order chi connectivity index (χ0) is 12.7. The van der Waals surface area contributed by atoms with E-state index in [1.807, 2.05) is 6.92 Å². The van der Waals surface area contributed by atoms with Crippen molar-refractivity contribution in [1.82, 2.24) is 10.6 Å². The monoisotopic (exact) mass is 242 g/mol. The van der Waals surface area contributed by atoms with Crippen molar-refractivity contribution in [2.75, 3.05) is 19.8 Å². The van der Waals surface area contributed by atoms with Gasteiger partial charge < -0.3 is 10.1 Å². The minimum atomic E-state index is -0.150. The Balaban J connectivity index is 2.22. The van der Waals surface area contributed by atoms with Gasteiger partial charge in [-0.3, -0.25) is 10.1 Å². The zero-order valence-corrected chi connectivity index (χ0v) is 11.3. The number of nitrogens with one attached hydrogen (secondary N) is 2. The van der Waals surface area contributed by atoms with Gasteiger partial charge in [0, 0.05) is 18.7 Å². The largest absolute Gasteiger partial charge is 0.379 e. The average molecular weight is 242 g/mol. The molecule has 1 saturated heterocycles. The summed E-state index contributed by atoms with van der Waals surface area (Å²) in [5.41, 5.74) is -0.0415. The lowest BCUT2D eigenvalue weighted by Crippen LogP contribution is -2.53. The Bertz CT molecular complexity index is 238. The number of unbranched alkanes of at least 4 members (excludes halogenated alkanes) is 2. The van der Waals surface area contributed by atoms with E-state index in [0.717, 1.165) is 26.0 Å². The van der Waals surface area contributed by atoms with Gasteiger partial charge in [0.05, 0.1) is 12.6 Å². The maximum absolute atomic E-state index is 11.8. The highest BCUT2D eigenvalue weighted by molar-refractivity contribution is 5.81. The standard InChI is InChI=1S/C13H26N2O2/c1-4-5-6-8-14-12(16)11(2)15-13(3)7-9-17-10-13/h11,15H,4-10H2,1-3H3,(H,14,16). The molecule has 2 atom stereocenters. The molecule has 0 spiro atoms. The molecule has 2 unspecified atom stereocenters. The van der Waals surface area contributed by atoms with Gasteiger partial charge in [0.2, 0.25) is 5.91 Å². The van der Waals surface area contributed by atoms with E-state index >= 15 is 0 Å². The molecule has 1 aliphatic rings. The van der Waals surface area contributed by atoms with E-state index in [0.29, 0.717) is 6.61 Å². The highest BCUT2D eigenvalue weighted by atomic mass is 16.5. The quantitative estimate of drug-likeness (QED) is 0.664. The van der Waals surface area contributed by atoms with Crippen LogP contribution in [-0.2, 0) is 9.53 Å². The molecule has 0 aromatic rings. The van der Waals surface area contributed by atoms with Crippen LogP contribution in [0.15, 0.2) is 0 Å². The van der Waals surface area contributed by atoms with Crippen LogP contribution in [0.25, 0.3) is 0 Å². The molecular weight excluding hydrogens is 216 g/mol. The van der Waals surface area contributed by atoms with Gasteiger partial charge in [-0.2, -0.15) is 0 Å². The zero-order valence-electron chi connectivity index (χ0n) is 11.3. The lowest BCUT2D eigenvalue weighted by Gasteiger charge is -2.27. The molecule has 100 valence electrons. The Morgan fingerprint density at radius 3 is 2.82 bits per heavy atom. The summed E-state index contributed by atoms with van der Waals surface area (Å²) in [7, 11) is 0. The number of amides is 1. The van der Waals surface area contributed by atoms with Gasteiger partial charge in [0.1, 0.15) is 0 Å². The number of carbonyl (C=O) groups is 1. The highest BCUT2D eigenvalue weighted by Gasteiger charge is 2.32. The molecule has 2 N–H and O–H groups in total. The SMILES string of the molecule is CCCCCNC(=O)C(C)NC1(C)CCOC1. The summed E-state index contributed by atoms with van der Waals surface area (Å²) in [6, 6.07) is -0.150. The summed E-state index contributed by atoms with van der Waals surface area (Å²) in [5.74, 6) is 0.0919. The van der Waals surface area contributed by atoms with E-state index in [4.69, 9.17) is 4.74 Å². The van der Waals surface area contributed by atoms with Gasteiger partial charge in [-0.1, -0.05) is 19.8 Å². The second-order valence-corrected chi connectivity index (χ2v) is 5.23. The van der Waals surface area contributed by atoms with Crippen LogP contribution in [0, 0.1) is 0 Å². The fourth-order valence-corrected chi connectivity index (χ4v) is 2.11. The molecule has 1 amide bonds. The summed E-state index contributed by atoms with van der Waals surface area (Å²) in [6.45, 7) is 8.45. The second-order valence-electron chi connectivity index (χ2n) is 5.23. The van der Waals surface area contributed by atoms with Crippen molar-refractivity contribution in [1.29, 1.82) is 0 Å². The van der Waals surface area contributed by atoms with Crippen LogP contribution in [-0.4, -0.2) is 37.2 Å². The van der Waals surface area contributed by atoms with E-state index in [2.05, 4.69) is 24.5 Å². The van der Waals surface area contributed by atoms with Gasteiger partial charge in [0.25, 0.3) is 0 Å². The first-order valence-electron chi connectivity index (χ1n) is 6.70. The molecule has 1 aliphatic heterocycles. The third-order valence-electron chi connectivity index (χ3n) is 3.26. The fourth-order valence-electron chi connectivity index (χ4n) is 2.11. The van der Waals surface area contributed by atoms with E-state index < -0.39 is 0 Å². The van der Waals surface area contributed by atoms with Crippen LogP contribution < -0.4 is 10.6 Å². The molecule has 4 heteroatoms. The Hall–Kier alpha value is -0.610. The molecule has 0 aromatic carbocycles. The lowest BCUT2D eigenvalue weighted by molar-refractivity contribution is -0.123. The Morgan fingerprint density at radius 2 is 2.24 bits per heavy atom. The minimum absolute atomic E-state index is 0.0415. The molecule has 1 rings (SSSR count). The van der Waals surface area contributed by atoms with Gasteiger partial charge in [-0.25, -0.2) is 0 Å².